The van der Waals surface area contributed by atoms with Crippen LogP contribution in [0.15, 0.2) is 59.5 Å². The molecule has 0 spiro atoms. The molecule has 0 fully saturated rings. The maximum absolute atomic E-state index is 13.0. The maximum atomic E-state index is 13.0. The standard InChI is InChI=1S/C17H15FOS/c18-13-9-7-12(8-10-13)17(19)15-5-3-11-20-16-6-2-1-4-14(15)16/h1-2,4-10,17,19H,3,11H2. The van der Waals surface area contributed by atoms with Gasteiger partial charge in [-0.2, -0.15) is 0 Å². The SMILES string of the molecule is OC(C1=CCCSc2ccccc21)c1ccc(F)cc1. The predicted molar refractivity (Wildman–Crippen MR) is 81.1 cm³/mol. The van der Waals surface area contributed by atoms with E-state index in [9.17, 15) is 9.50 Å². The lowest BCUT2D eigenvalue weighted by Gasteiger charge is -2.17. The molecule has 1 aliphatic rings. The molecule has 0 saturated carbocycles. The van der Waals surface area contributed by atoms with E-state index in [1.807, 2.05) is 18.2 Å². The summed E-state index contributed by atoms with van der Waals surface area (Å²) >= 11 is 1.81. The lowest BCUT2D eigenvalue weighted by atomic mass is 9.94. The van der Waals surface area contributed by atoms with Crippen LogP contribution in [0.3, 0.4) is 0 Å². The van der Waals surface area contributed by atoms with Crippen molar-refractivity contribution in [3.63, 3.8) is 0 Å². The number of thioether (sulfide) groups is 1. The van der Waals surface area contributed by atoms with Gasteiger partial charge >= 0.3 is 0 Å². The van der Waals surface area contributed by atoms with E-state index in [4.69, 9.17) is 0 Å². The fourth-order valence-corrected chi connectivity index (χ4v) is 3.38. The fourth-order valence-electron chi connectivity index (χ4n) is 2.41. The first-order valence-electron chi connectivity index (χ1n) is 6.61. The van der Waals surface area contributed by atoms with E-state index in [2.05, 4.69) is 12.1 Å². The zero-order chi connectivity index (χ0) is 13.9. The zero-order valence-electron chi connectivity index (χ0n) is 10.9. The summed E-state index contributed by atoms with van der Waals surface area (Å²) in [6.07, 6.45) is 2.30. The summed E-state index contributed by atoms with van der Waals surface area (Å²) in [4.78, 5) is 1.19. The van der Waals surface area contributed by atoms with Gasteiger partial charge in [0, 0.05) is 10.6 Å². The summed E-state index contributed by atoms with van der Waals surface area (Å²) in [5, 5.41) is 10.6. The molecule has 0 aliphatic carbocycles. The Morgan fingerprint density at radius 2 is 1.80 bits per heavy atom. The summed E-state index contributed by atoms with van der Waals surface area (Å²) in [6.45, 7) is 0. The van der Waals surface area contributed by atoms with Crippen molar-refractivity contribution in [1.29, 1.82) is 0 Å². The van der Waals surface area contributed by atoms with Crippen molar-refractivity contribution in [1.82, 2.24) is 0 Å². The Kier molecular flexibility index (Phi) is 3.90. The summed E-state index contributed by atoms with van der Waals surface area (Å²) in [5.41, 5.74) is 2.71. The highest BCUT2D eigenvalue weighted by molar-refractivity contribution is 7.99. The van der Waals surface area contributed by atoms with Gasteiger partial charge in [-0.15, -0.1) is 11.8 Å². The van der Waals surface area contributed by atoms with Crippen molar-refractivity contribution >= 4 is 17.3 Å². The van der Waals surface area contributed by atoms with E-state index in [0.29, 0.717) is 0 Å². The molecule has 3 heteroatoms. The van der Waals surface area contributed by atoms with Crippen LogP contribution < -0.4 is 0 Å². The Bertz CT molecular complexity index is 634. The lowest BCUT2D eigenvalue weighted by molar-refractivity contribution is 0.237. The number of aliphatic hydroxyl groups is 1. The number of halogens is 1. The van der Waals surface area contributed by atoms with Crippen molar-refractivity contribution in [2.24, 2.45) is 0 Å². The summed E-state index contributed by atoms with van der Waals surface area (Å²) < 4.78 is 13.0. The quantitative estimate of drug-likeness (QED) is 0.880. The summed E-state index contributed by atoms with van der Waals surface area (Å²) in [7, 11) is 0. The Labute approximate surface area is 122 Å². The molecule has 20 heavy (non-hydrogen) atoms. The average molecular weight is 286 g/mol. The first-order valence-corrected chi connectivity index (χ1v) is 7.60. The summed E-state index contributed by atoms with van der Waals surface area (Å²) in [6, 6.07) is 14.2. The number of aliphatic hydroxyl groups excluding tert-OH is 1. The van der Waals surface area contributed by atoms with E-state index < -0.39 is 6.10 Å². The largest absolute Gasteiger partial charge is 0.384 e. The topological polar surface area (TPSA) is 20.2 Å². The third kappa shape index (κ3) is 2.65. The van der Waals surface area contributed by atoms with E-state index in [1.54, 1.807) is 23.9 Å². The second-order valence-corrected chi connectivity index (χ2v) is 5.88. The molecule has 1 aliphatic heterocycles. The first-order chi connectivity index (χ1) is 9.75. The third-order valence-corrected chi connectivity index (χ3v) is 4.52. The van der Waals surface area contributed by atoms with Crippen LogP contribution in [0, 0.1) is 5.82 Å². The molecule has 0 amide bonds. The van der Waals surface area contributed by atoms with E-state index >= 15 is 0 Å². The molecule has 2 aromatic carbocycles. The van der Waals surface area contributed by atoms with Crippen molar-refractivity contribution in [3.8, 4) is 0 Å². The number of rotatable bonds is 2. The molecule has 0 saturated heterocycles. The molecular weight excluding hydrogens is 271 g/mol. The monoisotopic (exact) mass is 286 g/mol. The number of hydrogen-bond donors (Lipinski definition) is 1. The van der Waals surface area contributed by atoms with E-state index in [0.717, 1.165) is 28.9 Å². The normalized spacial score (nSPS) is 16.0. The molecule has 2 aromatic rings. The Morgan fingerprint density at radius 1 is 1.05 bits per heavy atom. The molecule has 0 bridgehead atoms. The second-order valence-electron chi connectivity index (χ2n) is 4.75. The molecule has 1 unspecified atom stereocenters. The molecule has 0 radical (unpaired) electrons. The average Bonchev–Trinajstić information content (AvgIpc) is 2.69. The Balaban J connectivity index is 2.00. The van der Waals surface area contributed by atoms with Crippen LogP contribution >= 0.6 is 11.8 Å². The minimum atomic E-state index is -0.713. The molecule has 1 atom stereocenters. The van der Waals surface area contributed by atoms with Gasteiger partial charge in [0.25, 0.3) is 0 Å². The molecule has 1 heterocycles. The molecular formula is C17H15FOS. The Morgan fingerprint density at radius 3 is 2.60 bits per heavy atom. The smallest absolute Gasteiger partial charge is 0.123 e. The highest BCUT2D eigenvalue weighted by Gasteiger charge is 2.19. The fraction of sp³-hybridized carbons (Fsp3) is 0.176. The molecule has 0 aromatic heterocycles. The number of hydrogen-bond acceptors (Lipinski definition) is 2. The van der Waals surface area contributed by atoms with Crippen LogP contribution in [0.25, 0.3) is 5.57 Å². The summed E-state index contributed by atoms with van der Waals surface area (Å²) in [5.74, 6) is 0.725. The van der Waals surface area contributed by atoms with Crippen LogP contribution in [-0.2, 0) is 0 Å². The van der Waals surface area contributed by atoms with Crippen molar-refractivity contribution in [2.75, 3.05) is 5.75 Å². The highest BCUT2D eigenvalue weighted by Crippen LogP contribution is 2.38. The second kappa shape index (κ2) is 5.81. The van der Waals surface area contributed by atoms with E-state index in [-0.39, 0.29) is 5.82 Å². The van der Waals surface area contributed by atoms with Gasteiger partial charge in [-0.3, -0.25) is 0 Å². The molecule has 102 valence electrons. The van der Waals surface area contributed by atoms with Crippen LogP contribution in [-0.4, -0.2) is 10.9 Å². The molecule has 1 nitrogen and oxygen atoms in total. The number of allylic oxidation sites excluding steroid dienone is 1. The van der Waals surface area contributed by atoms with Crippen LogP contribution in [0.2, 0.25) is 0 Å². The number of benzene rings is 2. The maximum Gasteiger partial charge on any atom is 0.123 e. The van der Waals surface area contributed by atoms with Gasteiger partial charge < -0.3 is 5.11 Å². The van der Waals surface area contributed by atoms with Crippen LogP contribution in [0.5, 0.6) is 0 Å². The van der Waals surface area contributed by atoms with Gasteiger partial charge in [0.1, 0.15) is 11.9 Å². The van der Waals surface area contributed by atoms with Crippen molar-refractivity contribution in [2.45, 2.75) is 17.4 Å². The van der Waals surface area contributed by atoms with Gasteiger partial charge in [0.15, 0.2) is 0 Å². The van der Waals surface area contributed by atoms with Crippen LogP contribution in [0.1, 0.15) is 23.7 Å². The predicted octanol–water partition coefficient (Wildman–Crippen LogP) is 4.44. The first kappa shape index (κ1) is 13.4. The zero-order valence-corrected chi connectivity index (χ0v) is 11.7. The minimum Gasteiger partial charge on any atom is -0.384 e. The Hall–Kier alpha value is -1.58. The highest BCUT2D eigenvalue weighted by atomic mass is 32.2. The van der Waals surface area contributed by atoms with Gasteiger partial charge in [0.05, 0.1) is 0 Å². The number of fused-ring (bicyclic) bond motifs is 1. The molecule has 3 rings (SSSR count). The van der Waals surface area contributed by atoms with Crippen LogP contribution in [0.4, 0.5) is 4.39 Å². The minimum absolute atomic E-state index is 0.285. The third-order valence-electron chi connectivity index (χ3n) is 3.42. The van der Waals surface area contributed by atoms with Gasteiger partial charge in [-0.25, -0.2) is 4.39 Å². The lowest BCUT2D eigenvalue weighted by Crippen LogP contribution is -2.02. The van der Waals surface area contributed by atoms with Crippen molar-refractivity contribution in [3.05, 3.63) is 71.6 Å². The van der Waals surface area contributed by atoms with Gasteiger partial charge in [-0.05, 0) is 41.3 Å². The van der Waals surface area contributed by atoms with Crippen molar-refractivity contribution < 1.29 is 9.50 Å². The van der Waals surface area contributed by atoms with E-state index in [1.165, 1.54) is 17.0 Å². The van der Waals surface area contributed by atoms with Gasteiger partial charge in [0.2, 0.25) is 0 Å². The molecule has 1 N–H and O–H groups in total. The van der Waals surface area contributed by atoms with Gasteiger partial charge in [-0.1, -0.05) is 36.4 Å².